The molecule has 2 unspecified atom stereocenters. The van der Waals surface area contributed by atoms with Gasteiger partial charge in [0.05, 0.1) is 12.0 Å². The lowest BCUT2D eigenvalue weighted by atomic mass is 9.89. The average molecular weight is 303 g/mol. The Morgan fingerprint density at radius 2 is 1.52 bits per heavy atom. The number of nitrogens with zero attached hydrogens (tertiary/aromatic N) is 1. The molecule has 2 bridgehead atoms. The summed E-state index contributed by atoms with van der Waals surface area (Å²) in [5.74, 6) is 0.0475. The Hall–Kier alpha value is -2.35. The van der Waals surface area contributed by atoms with Gasteiger partial charge in [0.15, 0.2) is 0 Å². The van der Waals surface area contributed by atoms with E-state index in [-0.39, 0.29) is 17.9 Å². The molecule has 2 nitrogen and oxygen atoms in total. The van der Waals surface area contributed by atoms with Crippen LogP contribution in [-0.2, 0) is 4.79 Å². The van der Waals surface area contributed by atoms with Crippen molar-refractivity contribution in [1.29, 1.82) is 0 Å². The van der Waals surface area contributed by atoms with Crippen LogP contribution in [-0.4, -0.2) is 22.9 Å². The van der Waals surface area contributed by atoms with Crippen LogP contribution in [0.1, 0.15) is 36.3 Å². The van der Waals surface area contributed by atoms with E-state index in [0.717, 1.165) is 30.4 Å². The lowest BCUT2D eigenvalue weighted by Crippen LogP contribution is -2.44. The molecule has 23 heavy (non-hydrogen) atoms. The number of carbonyl (C=O) groups excluding carboxylic acids is 1. The van der Waals surface area contributed by atoms with Crippen LogP contribution in [0.2, 0.25) is 0 Å². The van der Waals surface area contributed by atoms with E-state index >= 15 is 0 Å². The highest BCUT2D eigenvalue weighted by Crippen LogP contribution is 2.36. The van der Waals surface area contributed by atoms with E-state index in [0.29, 0.717) is 6.04 Å². The molecule has 2 heteroatoms. The topological polar surface area (TPSA) is 20.3 Å². The zero-order valence-electron chi connectivity index (χ0n) is 13.1. The Morgan fingerprint density at radius 1 is 0.913 bits per heavy atom. The number of benzene rings is 2. The summed E-state index contributed by atoms with van der Waals surface area (Å²) < 4.78 is 0. The average Bonchev–Trinajstić information content (AvgIpc) is 2.86. The molecule has 2 atom stereocenters. The number of fused-ring (bicyclic) bond motifs is 2. The summed E-state index contributed by atoms with van der Waals surface area (Å²) in [6, 6.07) is 21.0. The van der Waals surface area contributed by atoms with Crippen LogP contribution in [0.25, 0.3) is 0 Å². The molecule has 2 aliphatic rings. The van der Waals surface area contributed by atoms with Gasteiger partial charge >= 0.3 is 0 Å². The van der Waals surface area contributed by atoms with Gasteiger partial charge in [-0.3, -0.25) is 4.79 Å². The maximum Gasteiger partial charge on any atom is 0.235 e. The number of hydrogen-bond donors (Lipinski definition) is 0. The van der Waals surface area contributed by atoms with Crippen LogP contribution in [0, 0.1) is 0 Å². The molecule has 0 radical (unpaired) electrons. The summed E-state index contributed by atoms with van der Waals surface area (Å²) in [6.45, 7) is 0. The van der Waals surface area contributed by atoms with Gasteiger partial charge in [-0.1, -0.05) is 72.8 Å². The molecule has 2 aromatic rings. The maximum atomic E-state index is 13.5. The SMILES string of the molecule is O=C(C(c1ccccc1)c1ccccc1)N1C2C=CCC1CC2. The third-order valence-electron chi connectivity index (χ3n) is 5.08. The van der Waals surface area contributed by atoms with Gasteiger partial charge in [-0.2, -0.15) is 0 Å². The van der Waals surface area contributed by atoms with Crippen LogP contribution >= 0.6 is 0 Å². The quantitative estimate of drug-likeness (QED) is 0.780. The Kier molecular flexibility index (Phi) is 3.74. The fourth-order valence-corrected chi connectivity index (χ4v) is 3.99. The smallest absolute Gasteiger partial charge is 0.235 e. The minimum atomic E-state index is -0.202. The molecule has 1 fully saturated rings. The third kappa shape index (κ3) is 2.59. The molecule has 4 rings (SSSR count). The van der Waals surface area contributed by atoms with Gasteiger partial charge in [0.25, 0.3) is 0 Å². The predicted molar refractivity (Wildman–Crippen MR) is 92.1 cm³/mol. The van der Waals surface area contributed by atoms with Crippen molar-refractivity contribution in [3.8, 4) is 0 Å². The van der Waals surface area contributed by atoms with E-state index in [1.807, 2.05) is 36.4 Å². The highest BCUT2D eigenvalue weighted by atomic mass is 16.2. The van der Waals surface area contributed by atoms with Crippen molar-refractivity contribution >= 4 is 5.91 Å². The van der Waals surface area contributed by atoms with Crippen molar-refractivity contribution in [2.24, 2.45) is 0 Å². The van der Waals surface area contributed by atoms with Crippen LogP contribution in [0.4, 0.5) is 0 Å². The second-order valence-electron chi connectivity index (χ2n) is 6.46. The Labute approximate surface area is 137 Å². The van der Waals surface area contributed by atoms with Gasteiger partial charge in [0.1, 0.15) is 0 Å². The number of rotatable bonds is 3. The fourth-order valence-electron chi connectivity index (χ4n) is 3.99. The monoisotopic (exact) mass is 303 g/mol. The zero-order chi connectivity index (χ0) is 15.6. The minimum absolute atomic E-state index is 0.202. The van der Waals surface area contributed by atoms with Crippen molar-refractivity contribution in [2.75, 3.05) is 0 Å². The summed E-state index contributed by atoms with van der Waals surface area (Å²) >= 11 is 0. The van der Waals surface area contributed by atoms with E-state index in [9.17, 15) is 4.79 Å². The molecule has 1 saturated heterocycles. The number of carbonyl (C=O) groups is 1. The maximum absolute atomic E-state index is 13.5. The summed E-state index contributed by atoms with van der Waals surface area (Å²) in [4.78, 5) is 15.6. The first-order valence-corrected chi connectivity index (χ1v) is 8.43. The van der Waals surface area contributed by atoms with Crippen LogP contribution in [0.15, 0.2) is 72.8 Å². The van der Waals surface area contributed by atoms with E-state index in [2.05, 4.69) is 41.3 Å². The van der Waals surface area contributed by atoms with Crippen molar-refractivity contribution < 1.29 is 4.79 Å². The minimum Gasteiger partial charge on any atom is -0.332 e. The summed E-state index contributed by atoms with van der Waals surface area (Å²) in [5.41, 5.74) is 2.16. The molecule has 2 heterocycles. The third-order valence-corrected chi connectivity index (χ3v) is 5.08. The van der Waals surface area contributed by atoms with E-state index in [1.54, 1.807) is 0 Å². The first kappa shape index (κ1) is 14.3. The molecule has 1 amide bonds. The molecule has 0 saturated carbocycles. The zero-order valence-corrected chi connectivity index (χ0v) is 13.1. The first-order chi connectivity index (χ1) is 11.3. The van der Waals surface area contributed by atoms with Gasteiger partial charge in [-0.05, 0) is 30.4 Å². The Morgan fingerprint density at radius 3 is 2.09 bits per heavy atom. The van der Waals surface area contributed by atoms with Crippen LogP contribution in [0.3, 0.4) is 0 Å². The largest absolute Gasteiger partial charge is 0.332 e. The second kappa shape index (κ2) is 6.04. The van der Waals surface area contributed by atoms with Crippen LogP contribution in [0.5, 0.6) is 0 Å². The molecular formula is C21H21NO. The molecule has 2 aliphatic heterocycles. The summed E-state index contributed by atoms with van der Waals surface area (Å²) in [5, 5.41) is 0. The molecule has 116 valence electrons. The van der Waals surface area contributed by atoms with Crippen molar-refractivity contribution in [3.05, 3.63) is 83.9 Å². The van der Waals surface area contributed by atoms with Gasteiger partial charge in [-0.15, -0.1) is 0 Å². The van der Waals surface area contributed by atoms with Gasteiger partial charge in [0, 0.05) is 6.04 Å². The Bertz CT molecular complexity index is 668. The lowest BCUT2D eigenvalue weighted by molar-refractivity contribution is -0.134. The lowest BCUT2D eigenvalue weighted by Gasteiger charge is -2.34. The Balaban J connectivity index is 1.74. The fraction of sp³-hybridized carbons (Fsp3) is 0.286. The van der Waals surface area contributed by atoms with Gasteiger partial charge in [0.2, 0.25) is 5.91 Å². The molecule has 2 aromatic carbocycles. The molecule has 0 N–H and O–H groups in total. The normalized spacial score (nSPS) is 22.6. The molecule has 0 spiro atoms. The van der Waals surface area contributed by atoms with Crippen molar-refractivity contribution in [2.45, 2.75) is 37.3 Å². The van der Waals surface area contributed by atoms with Gasteiger partial charge < -0.3 is 4.90 Å². The highest BCUT2D eigenvalue weighted by molar-refractivity contribution is 5.88. The van der Waals surface area contributed by atoms with Gasteiger partial charge in [-0.25, -0.2) is 0 Å². The summed E-state index contributed by atoms with van der Waals surface area (Å²) in [7, 11) is 0. The standard InChI is InChI=1S/C21H21NO/c23-21(22-18-12-7-13-19(22)15-14-18)20(16-8-3-1-4-9-16)17-10-5-2-6-11-17/h1-12,18-20H,13-15H2. The van der Waals surface area contributed by atoms with Crippen LogP contribution < -0.4 is 0 Å². The van der Waals surface area contributed by atoms with Crippen molar-refractivity contribution in [3.63, 3.8) is 0 Å². The van der Waals surface area contributed by atoms with Crippen molar-refractivity contribution in [1.82, 2.24) is 4.90 Å². The molecule has 0 aromatic heterocycles. The molecule has 0 aliphatic carbocycles. The highest BCUT2D eigenvalue weighted by Gasteiger charge is 2.40. The molecular weight excluding hydrogens is 282 g/mol. The predicted octanol–water partition coefficient (Wildman–Crippen LogP) is 4.14. The number of amides is 1. The second-order valence-corrected chi connectivity index (χ2v) is 6.46. The summed E-state index contributed by atoms with van der Waals surface area (Å²) in [6.07, 6.45) is 7.68. The number of hydrogen-bond acceptors (Lipinski definition) is 1. The van der Waals surface area contributed by atoms with E-state index in [1.165, 1.54) is 0 Å². The van der Waals surface area contributed by atoms with E-state index < -0.39 is 0 Å². The van der Waals surface area contributed by atoms with E-state index in [4.69, 9.17) is 0 Å². The first-order valence-electron chi connectivity index (χ1n) is 8.43.